The van der Waals surface area contributed by atoms with Crippen LogP contribution in [0, 0.1) is 0 Å². The van der Waals surface area contributed by atoms with Crippen LogP contribution in [-0.2, 0) is 9.47 Å². The molecule has 3 amide bonds. The first-order valence-corrected chi connectivity index (χ1v) is 9.18. The molecule has 0 aliphatic carbocycles. The highest BCUT2D eigenvalue weighted by molar-refractivity contribution is 5.72. The number of primary amides is 1. The first-order chi connectivity index (χ1) is 12.7. The number of hydrogen-bond donors (Lipinski definition) is 2. The van der Waals surface area contributed by atoms with Crippen molar-refractivity contribution in [3.8, 4) is 0 Å². The Kier molecular flexibility index (Phi) is 7.00. The van der Waals surface area contributed by atoms with E-state index in [0.717, 1.165) is 12.8 Å². The third kappa shape index (κ3) is 6.09. The zero-order chi connectivity index (χ0) is 20.0. The van der Waals surface area contributed by atoms with E-state index in [2.05, 4.69) is 15.5 Å². The maximum atomic E-state index is 12.5. The average molecular weight is 383 g/mol. The summed E-state index contributed by atoms with van der Waals surface area (Å²) in [6.07, 6.45) is 1.97. The van der Waals surface area contributed by atoms with E-state index in [4.69, 9.17) is 19.7 Å². The van der Waals surface area contributed by atoms with Crippen LogP contribution in [-0.4, -0.2) is 52.5 Å². The molecule has 1 aromatic rings. The number of amides is 3. The summed E-state index contributed by atoms with van der Waals surface area (Å²) in [5, 5.41) is 6.62. The van der Waals surface area contributed by atoms with Crippen molar-refractivity contribution < 1.29 is 23.6 Å². The molecule has 10 heteroatoms. The summed E-state index contributed by atoms with van der Waals surface area (Å²) in [5.74, 6) is 0.565. The van der Waals surface area contributed by atoms with Crippen molar-refractivity contribution in [2.24, 2.45) is 5.73 Å². The predicted molar refractivity (Wildman–Crippen MR) is 95.8 cm³/mol. The third-order valence-corrected chi connectivity index (χ3v) is 3.97. The van der Waals surface area contributed by atoms with Gasteiger partial charge in [0.1, 0.15) is 17.7 Å². The summed E-state index contributed by atoms with van der Waals surface area (Å²) in [7, 11) is 0. The van der Waals surface area contributed by atoms with E-state index in [1.54, 1.807) is 20.8 Å². The van der Waals surface area contributed by atoms with Crippen LogP contribution in [0.1, 0.15) is 70.8 Å². The summed E-state index contributed by atoms with van der Waals surface area (Å²) in [4.78, 5) is 29.7. The van der Waals surface area contributed by atoms with E-state index < -0.39 is 29.8 Å². The molecule has 152 valence electrons. The number of nitrogens with one attached hydrogen (secondary N) is 1. The fourth-order valence-corrected chi connectivity index (χ4v) is 2.72. The number of morpholine rings is 1. The molecule has 1 saturated heterocycles. The van der Waals surface area contributed by atoms with Crippen molar-refractivity contribution >= 4 is 12.1 Å². The van der Waals surface area contributed by atoms with Gasteiger partial charge in [-0.2, -0.15) is 4.98 Å². The number of nitrogens with two attached hydrogens (primary N) is 1. The van der Waals surface area contributed by atoms with Gasteiger partial charge in [0.15, 0.2) is 5.82 Å². The second kappa shape index (κ2) is 9.03. The van der Waals surface area contributed by atoms with E-state index in [9.17, 15) is 9.59 Å². The average Bonchev–Trinajstić information content (AvgIpc) is 3.06. The highest BCUT2D eigenvalue weighted by atomic mass is 16.6. The molecule has 2 atom stereocenters. The van der Waals surface area contributed by atoms with E-state index >= 15 is 0 Å². The SMILES string of the molecule is CCCCC(NC(N)=O)c1nc(C2COCCN2C(=O)OC(C)(C)C)no1. The Morgan fingerprint density at radius 3 is 2.81 bits per heavy atom. The van der Waals surface area contributed by atoms with Crippen LogP contribution in [0.4, 0.5) is 9.59 Å². The molecule has 0 saturated carbocycles. The Balaban J connectivity index is 2.17. The van der Waals surface area contributed by atoms with Crippen LogP contribution in [0.2, 0.25) is 0 Å². The van der Waals surface area contributed by atoms with Gasteiger partial charge in [0, 0.05) is 6.54 Å². The predicted octanol–water partition coefficient (Wildman–Crippen LogP) is 2.28. The van der Waals surface area contributed by atoms with Gasteiger partial charge in [0.2, 0.25) is 5.89 Å². The minimum Gasteiger partial charge on any atom is -0.444 e. The van der Waals surface area contributed by atoms with Gasteiger partial charge in [-0.05, 0) is 27.2 Å². The molecular weight excluding hydrogens is 354 g/mol. The number of hydrogen-bond acceptors (Lipinski definition) is 7. The van der Waals surface area contributed by atoms with Crippen molar-refractivity contribution in [3.05, 3.63) is 11.7 Å². The summed E-state index contributed by atoms with van der Waals surface area (Å²) in [5.41, 5.74) is 4.63. The quantitative estimate of drug-likeness (QED) is 0.770. The Labute approximate surface area is 158 Å². The second-order valence-corrected chi connectivity index (χ2v) is 7.46. The van der Waals surface area contributed by atoms with Gasteiger partial charge in [0.25, 0.3) is 0 Å². The fourth-order valence-electron chi connectivity index (χ4n) is 2.72. The molecule has 10 nitrogen and oxygen atoms in total. The Morgan fingerprint density at radius 1 is 1.44 bits per heavy atom. The highest BCUT2D eigenvalue weighted by Gasteiger charge is 2.35. The van der Waals surface area contributed by atoms with E-state index in [-0.39, 0.29) is 12.5 Å². The van der Waals surface area contributed by atoms with Crippen LogP contribution in [0.3, 0.4) is 0 Å². The van der Waals surface area contributed by atoms with Gasteiger partial charge in [0.05, 0.1) is 13.2 Å². The van der Waals surface area contributed by atoms with Crippen molar-refractivity contribution in [1.82, 2.24) is 20.4 Å². The molecule has 1 fully saturated rings. The van der Waals surface area contributed by atoms with E-state index in [1.807, 2.05) is 6.92 Å². The lowest BCUT2D eigenvalue weighted by Gasteiger charge is -2.34. The molecule has 1 aliphatic rings. The number of nitrogens with zero attached hydrogens (tertiary/aromatic N) is 3. The van der Waals surface area contributed by atoms with Gasteiger partial charge >= 0.3 is 12.1 Å². The minimum absolute atomic E-state index is 0.237. The standard InChI is InChI=1S/C17H29N5O5/c1-5-6-7-11(19-15(18)23)14-20-13(21-27-14)12-10-25-9-8-22(12)16(24)26-17(2,3)4/h11-12H,5-10H2,1-4H3,(H3,18,19,23). The van der Waals surface area contributed by atoms with Gasteiger partial charge < -0.3 is 25.0 Å². The molecule has 2 unspecified atom stereocenters. The molecular formula is C17H29N5O5. The lowest BCUT2D eigenvalue weighted by Crippen LogP contribution is -2.46. The van der Waals surface area contributed by atoms with Gasteiger partial charge in [-0.15, -0.1) is 0 Å². The number of aromatic nitrogens is 2. The Morgan fingerprint density at radius 2 is 2.19 bits per heavy atom. The monoisotopic (exact) mass is 383 g/mol. The summed E-state index contributed by atoms with van der Waals surface area (Å²) >= 11 is 0. The van der Waals surface area contributed by atoms with Crippen molar-refractivity contribution in [2.75, 3.05) is 19.8 Å². The van der Waals surface area contributed by atoms with E-state index in [0.29, 0.717) is 25.4 Å². The number of carbonyl (C=O) groups is 2. The highest BCUT2D eigenvalue weighted by Crippen LogP contribution is 2.26. The third-order valence-electron chi connectivity index (χ3n) is 3.97. The first kappa shape index (κ1) is 20.9. The Bertz CT molecular complexity index is 642. The number of unbranched alkanes of at least 4 members (excludes halogenated alkanes) is 1. The molecule has 0 radical (unpaired) electrons. The van der Waals surface area contributed by atoms with Crippen LogP contribution in [0.25, 0.3) is 0 Å². The van der Waals surface area contributed by atoms with Gasteiger partial charge in [-0.25, -0.2) is 9.59 Å². The van der Waals surface area contributed by atoms with Crippen molar-refractivity contribution in [1.29, 1.82) is 0 Å². The van der Waals surface area contributed by atoms with E-state index in [1.165, 1.54) is 4.90 Å². The number of carbonyl (C=O) groups excluding carboxylic acids is 2. The maximum Gasteiger partial charge on any atom is 0.411 e. The molecule has 0 aromatic carbocycles. The largest absolute Gasteiger partial charge is 0.444 e. The molecule has 27 heavy (non-hydrogen) atoms. The summed E-state index contributed by atoms with van der Waals surface area (Å²) in [6, 6.07) is -1.65. The van der Waals surface area contributed by atoms with Crippen molar-refractivity contribution in [3.63, 3.8) is 0 Å². The molecule has 1 aromatic heterocycles. The van der Waals surface area contributed by atoms with Crippen LogP contribution >= 0.6 is 0 Å². The lowest BCUT2D eigenvalue weighted by molar-refractivity contribution is -0.0354. The smallest absolute Gasteiger partial charge is 0.411 e. The molecule has 1 aliphatic heterocycles. The van der Waals surface area contributed by atoms with Crippen LogP contribution in [0.15, 0.2) is 4.52 Å². The zero-order valence-electron chi connectivity index (χ0n) is 16.4. The molecule has 2 rings (SSSR count). The summed E-state index contributed by atoms with van der Waals surface area (Å²) in [6.45, 7) is 8.46. The minimum atomic E-state index is -0.660. The first-order valence-electron chi connectivity index (χ1n) is 9.18. The number of rotatable bonds is 6. The number of urea groups is 1. The van der Waals surface area contributed by atoms with Crippen molar-refractivity contribution in [2.45, 2.75) is 64.6 Å². The second-order valence-electron chi connectivity index (χ2n) is 7.46. The van der Waals surface area contributed by atoms with Crippen LogP contribution in [0.5, 0.6) is 0 Å². The lowest BCUT2D eigenvalue weighted by atomic mass is 10.1. The molecule has 2 heterocycles. The van der Waals surface area contributed by atoms with Gasteiger partial charge in [-0.1, -0.05) is 24.9 Å². The molecule has 0 bridgehead atoms. The molecule has 3 N–H and O–H groups in total. The summed E-state index contributed by atoms with van der Waals surface area (Å²) < 4.78 is 16.3. The number of ether oxygens (including phenoxy) is 2. The van der Waals surface area contributed by atoms with Gasteiger partial charge in [-0.3, -0.25) is 4.90 Å². The fraction of sp³-hybridized carbons (Fsp3) is 0.765. The topological polar surface area (TPSA) is 133 Å². The Hall–Kier alpha value is -2.36. The normalized spacial score (nSPS) is 18.8. The maximum absolute atomic E-state index is 12.5. The molecule has 0 spiro atoms. The zero-order valence-corrected chi connectivity index (χ0v) is 16.4. The van der Waals surface area contributed by atoms with Crippen LogP contribution < -0.4 is 11.1 Å².